The molecule has 2 aromatic carbocycles. The maximum absolute atomic E-state index is 13.5. The molecule has 0 saturated carbocycles. The van der Waals surface area contributed by atoms with Crippen LogP contribution < -0.4 is 9.47 Å². The number of likely N-dealkylation sites (tertiary alicyclic amines) is 1. The Labute approximate surface area is 261 Å². The highest BCUT2D eigenvalue weighted by atomic mass is 79.9. The number of carbonyl (C=O) groups is 2. The van der Waals surface area contributed by atoms with Crippen molar-refractivity contribution in [1.82, 2.24) is 9.80 Å². The lowest BCUT2D eigenvalue weighted by Gasteiger charge is -2.38. The number of aliphatic imine (C=N–C) groups is 1. The second kappa shape index (κ2) is 12.5. The zero-order valence-corrected chi connectivity index (χ0v) is 27.9. The summed E-state index contributed by atoms with van der Waals surface area (Å²) in [6.45, 7) is 12.5. The Morgan fingerprint density at radius 3 is 2.26 bits per heavy atom. The van der Waals surface area contributed by atoms with Crippen molar-refractivity contribution in [1.29, 1.82) is 0 Å². The van der Waals surface area contributed by atoms with Crippen LogP contribution in [0.5, 0.6) is 11.5 Å². The van der Waals surface area contributed by atoms with Gasteiger partial charge in [0.1, 0.15) is 28.2 Å². The molecule has 0 unspecified atom stereocenters. The Morgan fingerprint density at radius 2 is 1.69 bits per heavy atom. The van der Waals surface area contributed by atoms with Gasteiger partial charge in [-0.2, -0.15) is 4.90 Å². The SMILES string of the molecule is COc1ccc(CN2C[C@H]3CSC(N(C(=O)OC(C)(C)C)C(=O)OC(C)(C)C)=N[C@@]3(c3cccc(Br)c3)C2)c(OC)c1. The number of hydrogen-bond acceptors (Lipinski definition) is 9. The summed E-state index contributed by atoms with van der Waals surface area (Å²) in [7, 11) is 3.28. The van der Waals surface area contributed by atoms with Gasteiger partial charge in [-0.15, -0.1) is 0 Å². The highest BCUT2D eigenvalue weighted by molar-refractivity contribution is 9.10. The van der Waals surface area contributed by atoms with Crippen LogP contribution in [0.4, 0.5) is 9.59 Å². The minimum atomic E-state index is -0.816. The number of benzene rings is 2. The molecule has 1 saturated heterocycles. The number of imide groups is 1. The molecule has 2 aliphatic rings. The van der Waals surface area contributed by atoms with Gasteiger partial charge in [0.05, 0.1) is 14.2 Å². The van der Waals surface area contributed by atoms with E-state index in [2.05, 4.69) is 33.0 Å². The number of amides is 2. The van der Waals surface area contributed by atoms with Crippen LogP contribution in [0.2, 0.25) is 0 Å². The summed E-state index contributed by atoms with van der Waals surface area (Å²) < 4.78 is 23.3. The van der Waals surface area contributed by atoms with Gasteiger partial charge >= 0.3 is 12.2 Å². The summed E-state index contributed by atoms with van der Waals surface area (Å²) in [6.07, 6.45) is -1.63. The minimum Gasteiger partial charge on any atom is -0.497 e. The lowest BCUT2D eigenvalue weighted by Crippen LogP contribution is -2.49. The molecule has 11 heteroatoms. The fraction of sp³-hybridized carbons (Fsp3) is 0.516. The molecule has 0 bridgehead atoms. The summed E-state index contributed by atoms with van der Waals surface area (Å²) in [6, 6.07) is 13.9. The van der Waals surface area contributed by atoms with E-state index >= 15 is 0 Å². The van der Waals surface area contributed by atoms with Crippen LogP contribution in [0.1, 0.15) is 52.7 Å². The second-order valence-electron chi connectivity index (χ2n) is 12.5. The molecule has 0 N–H and O–H groups in total. The van der Waals surface area contributed by atoms with E-state index < -0.39 is 28.9 Å². The van der Waals surface area contributed by atoms with Gasteiger partial charge in [0.2, 0.25) is 0 Å². The van der Waals surface area contributed by atoms with E-state index in [-0.39, 0.29) is 11.1 Å². The first-order chi connectivity index (χ1) is 19.6. The molecule has 0 aliphatic carbocycles. The van der Waals surface area contributed by atoms with Crippen molar-refractivity contribution in [2.45, 2.75) is 64.8 Å². The van der Waals surface area contributed by atoms with E-state index in [1.807, 2.05) is 30.3 Å². The zero-order valence-electron chi connectivity index (χ0n) is 25.5. The predicted octanol–water partition coefficient (Wildman–Crippen LogP) is 7.07. The van der Waals surface area contributed by atoms with Crippen LogP contribution in [0.15, 0.2) is 51.9 Å². The molecule has 1 fully saturated rings. The Hall–Kier alpha value is -2.76. The predicted molar refractivity (Wildman–Crippen MR) is 168 cm³/mol. The fourth-order valence-corrected chi connectivity index (χ4v) is 6.78. The van der Waals surface area contributed by atoms with Gasteiger partial charge in [0, 0.05) is 47.4 Å². The second-order valence-corrected chi connectivity index (χ2v) is 14.4. The van der Waals surface area contributed by atoms with E-state index in [0.29, 0.717) is 18.8 Å². The molecule has 42 heavy (non-hydrogen) atoms. The molecule has 2 heterocycles. The van der Waals surface area contributed by atoms with Gasteiger partial charge in [0.25, 0.3) is 0 Å². The van der Waals surface area contributed by atoms with E-state index in [1.165, 1.54) is 11.8 Å². The summed E-state index contributed by atoms with van der Waals surface area (Å²) in [4.78, 5) is 35.5. The van der Waals surface area contributed by atoms with Crippen molar-refractivity contribution in [3.05, 3.63) is 58.1 Å². The highest BCUT2D eigenvalue weighted by Crippen LogP contribution is 2.47. The monoisotopic (exact) mass is 661 g/mol. The van der Waals surface area contributed by atoms with Crippen LogP contribution in [-0.2, 0) is 21.6 Å². The number of amidine groups is 1. The number of nitrogens with zero attached hydrogens (tertiary/aromatic N) is 3. The largest absolute Gasteiger partial charge is 0.497 e. The Morgan fingerprint density at radius 1 is 1.02 bits per heavy atom. The van der Waals surface area contributed by atoms with Crippen molar-refractivity contribution in [3.8, 4) is 11.5 Å². The smallest absolute Gasteiger partial charge is 0.426 e. The van der Waals surface area contributed by atoms with Gasteiger partial charge in [-0.25, -0.2) is 14.6 Å². The van der Waals surface area contributed by atoms with E-state index in [1.54, 1.807) is 55.8 Å². The van der Waals surface area contributed by atoms with Gasteiger partial charge in [-0.05, 0) is 65.3 Å². The van der Waals surface area contributed by atoms with Gasteiger partial charge in [0.15, 0.2) is 5.17 Å². The van der Waals surface area contributed by atoms with E-state index in [4.69, 9.17) is 23.9 Å². The number of thioether (sulfide) groups is 1. The molecule has 228 valence electrons. The maximum Gasteiger partial charge on any atom is 0.426 e. The van der Waals surface area contributed by atoms with Gasteiger partial charge < -0.3 is 18.9 Å². The minimum absolute atomic E-state index is 0.115. The van der Waals surface area contributed by atoms with Crippen LogP contribution in [0.25, 0.3) is 0 Å². The molecule has 4 rings (SSSR count). The molecule has 0 radical (unpaired) electrons. The molecular weight excluding hydrogens is 622 g/mol. The first-order valence-electron chi connectivity index (χ1n) is 13.8. The van der Waals surface area contributed by atoms with Crippen molar-refractivity contribution in [2.75, 3.05) is 33.1 Å². The Bertz CT molecular complexity index is 1330. The number of ether oxygens (including phenoxy) is 4. The maximum atomic E-state index is 13.5. The summed E-state index contributed by atoms with van der Waals surface area (Å²) in [5.74, 6) is 2.24. The van der Waals surface area contributed by atoms with Crippen molar-refractivity contribution in [3.63, 3.8) is 0 Å². The van der Waals surface area contributed by atoms with Crippen LogP contribution >= 0.6 is 27.7 Å². The quantitative estimate of drug-likeness (QED) is 0.336. The number of carbonyl (C=O) groups excluding carboxylic acids is 2. The lowest BCUT2D eigenvalue weighted by molar-refractivity contribution is 0.0150. The molecule has 2 aliphatic heterocycles. The van der Waals surface area contributed by atoms with Crippen molar-refractivity contribution >= 4 is 45.0 Å². The summed E-state index contributed by atoms with van der Waals surface area (Å²) >= 11 is 5.00. The first kappa shape index (κ1) is 32.2. The van der Waals surface area contributed by atoms with Gasteiger partial charge in [-0.3, -0.25) is 4.90 Å². The van der Waals surface area contributed by atoms with Crippen LogP contribution in [0, 0.1) is 5.92 Å². The van der Waals surface area contributed by atoms with E-state index in [0.717, 1.165) is 38.5 Å². The lowest BCUT2D eigenvalue weighted by atomic mass is 9.82. The molecule has 2 atom stereocenters. The first-order valence-corrected chi connectivity index (χ1v) is 15.6. The molecule has 2 amide bonds. The third kappa shape index (κ3) is 7.41. The number of hydrogen-bond donors (Lipinski definition) is 0. The normalized spacial score (nSPS) is 20.8. The van der Waals surface area contributed by atoms with Crippen LogP contribution in [-0.4, -0.2) is 71.4 Å². The molecule has 2 aromatic rings. The third-order valence-electron chi connectivity index (χ3n) is 6.88. The number of rotatable bonds is 5. The third-order valence-corrected chi connectivity index (χ3v) is 8.48. The number of halogens is 1. The molecule has 9 nitrogen and oxygen atoms in total. The molecule has 0 spiro atoms. The average molecular weight is 663 g/mol. The molecule has 0 aromatic heterocycles. The highest BCUT2D eigenvalue weighted by Gasteiger charge is 2.52. The van der Waals surface area contributed by atoms with Crippen molar-refractivity contribution < 1.29 is 28.5 Å². The average Bonchev–Trinajstić information content (AvgIpc) is 3.25. The van der Waals surface area contributed by atoms with Crippen LogP contribution in [0.3, 0.4) is 0 Å². The number of fused-ring (bicyclic) bond motifs is 1. The van der Waals surface area contributed by atoms with Gasteiger partial charge in [-0.1, -0.05) is 45.9 Å². The summed E-state index contributed by atoms with van der Waals surface area (Å²) in [5, 5.41) is 0.263. The number of methoxy groups -OCH3 is 2. The fourth-order valence-electron chi connectivity index (χ4n) is 5.15. The standard InChI is InChI=1S/C31H40BrN3O6S/c1-29(2,3)40-27(36)35(28(37)41-30(4,5)6)26-33-31(21-10-9-11-23(32)14-21)19-34(17-22(31)18-42-26)16-20-12-13-24(38-7)15-25(20)39-8/h9-15,22H,16-19H2,1-8H3/t22-,31+/m0/s1. The van der Waals surface area contributed by atoms with Crippen molar-refractivity contribution in [2.24, 2.45) is 10.9 Å². The summed E-state index contributed by atoms with van der Waals surface area (Å²) in [5.41, 5.74) is -0.321. The van der Waals surface area contributed by atoms with E-state index in [9.17, 15) is 9.59 Å². The Balaban J connectivity index is 1.76. The molecular formula is C31H40BrN3O6S. The topological polar surface area (TPSA) is 89.9 Å². The zero-order chi connectivity index (χ0) is 30.9. The Kier molecular flexibility index (Phi) is 9.54.